The number of carbonyl (C=O) groups is 2. The predicted octanol–water partition coefficient (Wildman–Crippen LogP) is -0.258. The average molecular weight is 175 g/mol. The Bertz CT molecular complexity index is 151. The third-order valence-corrected chi connectivity index (χ3v) is 1.23. The molecule has 0 rings (SSSR count). The zero-order chi connectivity index (χ0) is 9.56. The summed E-state index contributed by atoms with van der Waals surface area (Å²) in [5.41, 5.74) is 5.43. The topological polar surface area (TPSA) is 89.6 Å². The Morgan fingerprint density at radius 2 is 2.17 bits per heavy atom. The summed E-state index contributed by atoms with van der Waals surface area (Å²) in [4.78, 5) is 20.4. The molecule has 0 aromatic heterocycles. The van der Waals surface area contributed by atoms with Gasteiger partial charge in [-0.15, -0.1) is 0 Å². The fraction of sp³-hybridized carbons (Fsp3) is 0.714. The Morgan fingerprint density at radius 3 is 2.58 bits per heavy atom. The van der Waals surface area contributed by atoms with E-state index in [1.54, 1.807) is 0 Å². The van der Waals surface area contributed by atoms with E-state index in [1.165, 1.54) is 6.92 Å². The van der Waals surface area contributed by atoms with Gasteiger partial charge in [-0.05, 0) is 6.42 Å². The Kier molecular flexibility index (Phi) is 5.03. The lowest BCUT2D eigenvalue weighted by Crippen LogP contribution is -2.27. The van der Waals surface area contributed by atoms with E-state index in [1.807, 2.05) is 0 Å². The van der Waals surface area contributed by atoms with E-state index >= 15 is 0 Å². The highest BCUT2D eigenvalue weighted by atomic mass is 16.5. The first-order valence-corrected chi connectivity index (χ1v) is 3.63. The first kappa shape index (κ1) is 10.9. The van der Waals surface area contributed by atoms with Crippen molar-refractivity contribution < 1.29 is 19.4 Å². The molecule has 1 atom stereocenters. The van der Waals surface area contributed by atoms with Crippen LogP contribution in [0, 0.1) is 0 Å². The summed E-state index contributed by atoms with van der Waals surface area (Å²) in [6.45, 7) is 1.37. The van der Waals surface area contributed by atoms with E-state index < -0.39 is 11.9 Å². The van der Waals surface area contributed by atoms with Gasteiger partial charge in [-0.1, -0.05) is 0 Å². The fourth-order valence-corrected chi connectivity index (χ4v) is 0.617. The third kappa shape index (κ3) is 7.01. The molecule has 0 heterocycles. The average Bonchev–Trinajstić information content (AvgIpc) is 1.96. The largest absolute Gasteiger partial charge is 0.481 e. The molecule has 0 bridgehead atoms. The second-order valence-electron chi connectivity index (χ2n) is 2.50. The van der Waals surface area contributed by atoms with Gasteiger partial charge in [0, 0.05) is 19.4 Å². The van der Waals surface area contributed by atoms with E-state index in [0.29, 0.717) is 6.42 Å². The van der Waals surface area contributed by atoms with Crippen LogP contribution in [0.2, 0.25) is 0 Å². The van der Waals surface area contributed by atoms with Gasteiger partial charge >= 0.3 is 11.9 Å². The molecule has 12 heavy (non-hydrogen) atoms. The molecule has 1 unspecified atom stereocenters. The molecular weight excluding hydrogens is 162 g/mol. The first-order valence-electron chi connectivity index (χ1n) is 3.63. The minimum atomic E-state index is -0.895. The summed E-state index contributed by atoms with van der Waals surface area (Å²) in [6, 6.07) is -0.384. The molecule has 0 aliphatic carbocycles. The number of esters is 1. The van der Waals surface area contributed by atoms with Gasteiger partial charge in [0.1, 0.15) is 6.61 Å². The van der Waals surface area contributed by atoms with Crippen LogP contribution in [0.15, 0.2) is 0 Å². The SMILES string of the molecule is CC(=O)OCC(N)CCC(=O)O. The van der Waals surface area contributed by atoms with Crippen LogP contribution < -0.4 is 5.73 Å². The van der Waals surface area contributed by atoms with Crippen LogP contribution in [0.4, 0.5) is 0 Å². The van der Waals surface area contributed by atoms with Crippen LogP contribution in [-0.4, -0.2) is 29.7 Å². The molecule has 0 amide bonds. The molecule has 0 spiro atoms. The van der Waals surface area contributed by atoms with E-state index in [4.69, 9.17) is 10.8 Å². The van der Waals surface area contributed by atoms with Crippen molar-refractivity contribution in [1.82, 2.24) is 0 Å². The van der Waals surface area contributed by atoms with Gasteiger partial charge in [0.15, 0.2) is 0 Å². The van der Waals surface area contributed by atoms with Crippen molar-refractivity contribution in [1.29, 1.82) is 0 Å². The van der Waals surface area contributed by atoms with Gasteiger partial charge < -0.3 is 15.6 Å². The number of hydrogen-bond donors (Lipinski definition) is 2. The van der Waals surface area contributed by atoms with Gasteiger partial charge in [0.05, 0.1) is 0 Å². The van der Waals surface area contributed by atoms with Gasteiger partial charge in [-0.3, -0.25) is 9.59 Å². The number of nitrogens with two attached hydrogens (primary N) is 1. The Morgan fingerprint density at radius 1 is 1.58 bits per heavy atom. The van der Waals surface area contributed by atoms with Crippen molar-refractivity contribution in [2.45, 2.75) is 25.8 Å². The zero-order valence-electron chi connectivity index (χ0n) is 6.95. The molecule has 0 aromatic rings. The molecule has 0 saturated carbocycles. The van der Waals surface area contributed by atoms with Crippen LogP contribution in [0.1, 0.15) is 19.8 Å². The summed E-state index contributed by atoms with van der Waals surface area (Å²) in [7, 11) is 0. The van der Waals surface area contributed by atoms with Crippen molar-refractivity contribution >= 4 is 11.9 Å². The van der Waals surface area contributed by atoms with Crippen molar-refractivity contribution in [3.8, 4) is 0 Å². The second-order valence-corrected chi connectivity index (χ2v) is 2.50. The van der Waals surface area contributed by atoms with E-state index in [2.05, 4.69) is 4.74 Å². The Balaban J connectivity index is 3.39. The van der Waals surface area contributed by atoms with Gasteiger partial charge in [0.2, 0.25) is 0 Å². The van der Waals surface area contributed by atoms with Crippen molar-refractivity contribution in [2.75, 3.05) is 6.61 Å². The lowest BCUT2D eigenvalue weighted by atomic mass is 10.2. The lowest BCUT2D eigenvalue weighted by Gasteiger charge is -2.08. The maximum absolute atomic E-state index is 10.3. The molecule has 0 aliphatic rings. The predicted molar refractivity (Wildman–Crippen MR) is 41.5 cm³/mol. The highest BCUT2D eigenvalue weighted by Crippen LogP contribution is 1.95. The smallest absolute Gasteiger partial charge is 0.303 e. The molecule has 70 valence electrons. The number of carboxylic acid groups (broad SMARTS) is 1. The molecule has 0 radical (unpaired) electrons. The normalized spacial score (nSPS) is 12.2. The number of rotatable bonds is 5. The Hall–Kier alpha value is -1.10. The second kappa shape index (κ2) is 5.54. The molecule has 0 fully saturated rings. The van der Waals surface area contributed by atoms with Crippen LogP contribution in [0.25, 0.3) is 0 Å². The monoisotopic (exact) mass is 175 g/mol. The summed E-state index contributed by atoms with van der Waals surface area (Å²) < 4.78 is 4.58. The fourth-order valence-electron chi connectivity index (χ4n) is 0.617. The minimum absolute atomic E-state index is 0.00241. The van der Waals surface area contributed by atoms with Crippen molar-refractivity contribution in [3.05, 3.63) is 0 Å². The zero-order valence-corrected chi connectivity index (χ0v) is 6.95. The number of carboxylic acids is 1. The van der Waals surface area contributed by atoms with Crippen LogP contribution >= 0.6 is 0 Å². The quantitative estimate of drug-likeness (QED) is 0.562. The summed E-state index contributed by atoms with van der Waals surface area (Å²) >= 11 is 0. The standard InChI is InChI=1S/C7H13NO4/c1-5(9)12-4-6(8)2-3-7(10)11/h6H,2-4,8H2,1H3,(H,10,11). The summed E-state index contributed by atoms with van der Waals surface area (Å²) in [5.74, 6) is -1.30. The molecular formula is C7H13NO4. The maximum Gasteiger partial charge on any atom is 0.303 e. The minimum Gasteiger partial charge on any atom is -0.481 e. The molecule has 0 saturated heterocycles. The van der Waals surface area contributed by atoms with E-state index in [9.17, 15) is 9.59 Å². The van der Waals surface area contributed by atoms with E-state index in [-0.39, 0.29) is 19.1 Å². The number of ether oxygens (including phenoxy) is 1. The van der Waals surface area contributed by atoms with Crippen LogP contribution in [0.5, 0.6) is 0 Å². The summed E-state index contributed by atoms with van der Waals surface area (Å²) in [5, 5.41) is 8.28. The van der Waals surface area contributed by atoms with Crippen LogP contribution in [0.3, 0.4) is 0 Å². The molecule has 0 aliphatic heterocycles. The van der Waals surface area contributed by atoms with Crippen molar-refractivity contribution in [2.24, 2.45) is 5.73 Å². The maximum atomic E-state index is 10.3. The van der Waals surface area contributed by atoms with Gasteiger partial charge in [-0.2, -0.15) is 0 Å². The summed E-state index contributed by atoms with van der Waals surface area (Å²) in [6.07, 6.45) is 0.324. The number of aliphatic carboxylic acids is 1. The first-order chi connectivity index (χ1) is 5.52. The van der Waals surface area contributed by atoms with Crippen molar-refractivity contribution in [3.63, 3.8) is 0 Å². The van der Waals surface area contributed by atoms with Gasteiger partial charge in [0.25, 0.3) is 0 Å². The lowest BCUT2D eigenvalue weighted by molar-refractivity contribution is -0.141. The van der Waals surface area contributed by atoms with E-state index in [0.717, 1.165) is 0 Å². The Labute approximate surface area is 70.5 Å². The molecule has 5 heteroatoms. The molecule has 5 nitrogen and oxygen atoms in total. The highest BCUT2D eigenvalue weighted by molar-refractivity contribution is 5.67. The van der Waals surface area contributed by atoms with Crippen LogP contribution in [-0.2, 0) is 14.3 Å². The number of carbonyl (C=O) groups excluding carboxylic acids is 1. The van der Waals surface area contributed by atoms with Gasteiger partial charge in [-0.25, -0.2) is 0 Å². The third-order valence-electron chi connectivity index (χ3n) is 1.23. The number of hydrogen-bond acceptors (Lipinski definition) is 4. The molecule has 3 N–H and O–H groups in total. The highest BCUT2D eigenvalue weighted by Gasteiger charge is 2.06. The molecule has 0 aromatic carbocycles.